The SMILES string of the molecule is Cc1ncn2cc(-c3c(F)ccc(N)c3F)ccc12. The van der Waals surface area contributed by atoms with E-state index in [-0.39, 0.29) is 11.3 Å². The Hall–Kier alpha value is -2.43. The van der Waals surface area contributed by atoms with E-state index in [0.717, 1.165) is 17.3 Å². The van der Waals surface area contributed by atoms with Crippen molar-refractivity contribution in [3.8, 4) is 11.1 Å². The summed E-state index contributed by atoms with van der Waals surface area (Å²) < 4.78 is 29.5. The molecule has 0 unspecified atom stereocenters. The average molecular weight is 259 g/mol. The molecule has 3 rings (SSSR count). The molecule has 0 aliphatic rings. The van der Waals surface area contributed by atoms with Gasteiger partial charge in [-0.3, -0.25) is 0 Å². The van der Waals surface area contributed by atoms with Crippen molar-refractivity contribution in [2.24, 2.45) is 0 Å². The summed E-state index contributed by atoms with van der Waals surface area (Å²) in [5.41, 5.74) is 7.48. The Labute approximate surface area is 108 Å². The number of fused-ring (bicyclic) bond motifs is 1. The van der Waals surface area contributed by atoms with E-state index >= 15 is 0 Å². The summed E-state index contributed by atoms with van der Waals surface area (Å²) in [5, 5.41) is 0. The van der Waals surface area contributed by atoms with Crippen LogP contribution in [0.25, 0.3) is 16.6 Å². The fourth-order valence-electron chi connectivity index (χ4n) is 2.12. The summed E-state index contributed by atoms with van der Waals surface area (Å²) in [5.74, 6) is -1.38. The van der Waals surface area contributed by atoms with Gasteiger partial charge in [-0.05, 0) is 25.1 Å². The second-order valence-electron chi connectivity index (χ2n) is 4.37. The maximum Gasteiger partial charge on any atom is 0.156 e. The van der Waals surface area contributed by atoms with Gasteiger partial charge in [0, 0.05) is 11.8 Å². The molecule has 0 spiro atoms. The lowest BCUT2D eigenvalue weighted by Crippen LogP contribution is -1.97. The zero-order valence-corrected chi connectivity index (χ0v) is 10.2. The first-order valence-corrected chi connectivity index (χ1v) is 5.75. The minimum atomic E-state index is -0.740. The molecule has 1 aromatic carbocycles. The molecule has 2 heterocycles. The number of halogens is 2. The third-order valence-electron chi connectivity index (χ3n) is 3.13. The van der Waals surface area contributed by atoms with Gasteiger partial charge in [-0.2, -0.15) is 0 Å². The van der Waals surface area contributed by atoms with Gasteiger partial charge in [-0.1, -0.05) is 6.07 Å². The molecular formula is C14H11F2N3. The number of aryl methyl sites for hydroxylation is 1. The number of anilines is 1. The molecule has 0 aliphatic heterocycles. The number of hydrogen-bond acceptors (Lipinski definition) is 2. The summed E-state index contributed by atoms with van der Waals surface area (Å²) in [7, 11) is 0. The van der Waals surface area contributed by atoms with Crippen LogP contribution in [-0.4, -0.2) is 9.38 Å². The second kappa shape index (κ2) is 4.05. The monoisotopic (exact) mass is 259 g/mol. The molecule has 0 saturated heterocycles. The molecular weight excluding hydrogens is 248 g/mol. The Bertz CT molecular complexity index is 778. The lowest BCUT2D eigenvalue weighted by atomic mass is 10.1. The fourth-order valence-corrected chi connectivity index (χ4v) is 2.12. The van der Waals surface area contributed by atoms with Gasteiger partial charge in [-0.25, -0.2) is 13.8 Å². The molecule has 3 aromatic rings. The van der Waals surface area contributed by atoms with Crippen LogP contribution in [0.5, 0.6) is 0 Å². The normalized spacial score (nSPS) is 11.1. The molecule has 0 radical (unpaired) electrons. The molecule has 2 N–H and O–H groups in total. The molecule has 0 bridgehead atoms. The molecule has 0 atom stereocenters. The Morgan fingerprint density at radius 2 is 1.95 bits per heavy atom. The van der Waals surface area contributed by atoms with Gasteiger partial charge in [0.05, 0.1) is 28.8 Å². The number of benzene rings is 1. The highest BCUT2D eigenvalue weighted by Crippen LogP contribution is 2.29. The average Bonchev–Trinajstić information content (AvgIpc) is 2.76. The lowest BCUT2D eigenvalue weighted by Gasteiger charge is -2.08. The van der Waals surface area contributed by atoms with Gasteiger partial charge in [0.15, 0.2) is 5.82 Å². The molecule has 0 fully saturated rings. The van der Waals surface area contributed by atoms with Crippen molar-refractivity contribution in [1.82, 2.24) is 9.38 Å². The van der Waals surface area contributed by atoms with Crippen LogP contribution in [0.1, 0.15) is 5.69 Å². The smallest absolute Gasteiger partial charge is 0.156 e. The molecule has 0 aliphatic carbocycles. The zero-order valence-electron chi connectivity index (χ0n) is 10.2. The summed E-state index contributed by atoms with van der Waals surface area (Å²) in [4.78, 5) is 4.14. The van der Waals surface area contributed by atoms with Crippen LogP contribution in [0.3, 0.4) is 0 Å². The first-order valence-electron chi connectivity index (χ1n) is 5.75. The molecule has 3 nitrogen and oxygen atoms in total. The van der Waals surface area contributed by atoms with E-state index in [2.05, 4.69) is 4.98 Å². The van der Waals surface area contributed by atoms with E-state index in [1.54, 1.807) is 29.1 Å². The summed E-state index contributed by atoms with van der Waals surface area (Å²) in [6, 6.07) is 5.82. The molecule has 2 aromatic heterocycles. The van der Waals surface area contributed by atoms with E-state index in [1.165, 1.54) is 6.07 Å². The predicted molar refractivity (Wildman–Crippen MR) is 69.7 cm³/mol. The van der Waals surface area contributed by atoms with Crippen molar-refractivity contribution < 1.29 is 8.78 Å². The number of imidazole rings is 1. The first kappa shape index (κ1) is 11.6. The van der Waals surface area contributed by atoms with Gasteiger partial charge >= 0.3 is 0 Å². The summed E-state index contributed by atoms with van der Waals surface area (Å²) in [6.07, 6.45) is 3.24. The minimum Gasteiger partial charge on any atom is -0.396 e. The zero-order chi connectivity index (χ0) is 13.6. The van der Waals surface area contributed by atoms with Crippen LogP contribution < -0.4 is 5.73 Å². The Morgan fingerprint density at radius 3 is 2.74 bits per heavy atom. The van der Waals surface area contributed by atoms with E-state index in [0.29, 0.717) is 5.56 Å². The highest BCUT2D eigenvalue weighted by molar-refractivity contribution is 5.70. The largest absolute Gasteiger partial charge is 0.396 e. The quantitative estimate of drug-likeness (QED) is 0.682. The van der Waals surface area contributed by atoms with Gasteiger partial charge in [0.2, 0.25) is 0 Å². The Morgan fingerprint density at radius 1 is 1.16 bits per heavy atom. The Balaban J connectivity index is 2.27. The Kier molecular flexibility index (Phi) is 2.48. The first-order chi connectivity index (χ1) is 9.08. The highest BCUT2D eigenvalue weighted by atomic mass is 19.1. The third-order valence-corrected chi connectivity index (χ3v) is 3.13. The van der Waals surface area contributed by atoms with E-state index in [1.807, 2.05) is 6.92 Å². The molecule has 5 heteroatoms. The van der Waals surface area contributed by atoms with Gasteiger partial charge in [0.25, 0.3) is 0 Å². The van der Waals surface area contributed by atoms with Crippen LogP contribution >= 0.6 is 0 Å². The van der Waals surface area contributed by atoms with Crippen LogP contribution in [-0.2, 0) is 0 Å². The number of nitrogens with two attached hydrogens (primary N) is 1. The van der Waals surface area contributed by atoms with Crippen LogP contribution in [0, 0.1) is 18.6 Å². The number of nitrogens with zero attached hydrogens (tertiary/aromatic N) is 2. The van der Waals surface area contributed by atoms with E-state index in [9.17, 15) is 8.78 Å². The van der Waals surface area contributed by atoms with Crippen molar-refractivity contribution in [2.75, 3.05) is 5.73 Å². The number of pyridine rings is 1. The van der Waals surface area contributed by atoms with Crippen LogP contribution in [0.15, 0.2) is 36.8 Å². The van der Waals surface area contributed by atoms with Crippen molar-refractivity contribution in [3.63, 3.8) is 0 Å². The van der Waals surface area contributed by atoms with Crippen molar-refractivity contribution in [3.05, 3.63) is 54.1 Å². The van der Waals surface area contributed by atoms with Gasteiger partial charge < -0.3 is 10.1 Å². The van der Waals surface area contributed by atoms with E-state index in [4.69, 9.17) is 5.73 Å². The standard InChI is InChI=1S/C14H11F2N3/c1-8-12-5-2-9(6-19(12)7-18-8)13-10(15)3-4-11(17)14(13)16/h2-7H,17H2,1H3. The number of aromatic nitrogens is 2. The number of rotatable bonds is 1. The van der Waals surface area contributed by atoms with Gasteiger partial charge in [-0.15, -0.1) is 0 Å². The third kappa shape index (κ3) is 1.74. The summed E-state index contributed by atoms with van der Waals surface area (Å²) in [6.45, 7) is 1.87. The second-order valence-corrected chi connectivity index (χ2v) is 4.37. The number of hydrogen-bond donors (Lipinski definition) is 1. The van der Waals surface area contributed by atoms with Crippen molar-refractivity contribution in [1.29, 1.82) is 0 Å². The minimum absolute atomic E-state index is 0.0710. The molecule has 0 amide bonds. The maximum absolute atomic E-state index is 14.0. The predicted octanol–water partition coefficient (Wildman–Crippen LogP) is 3.17. The number of nitrogen functional groups attached to an aromatic ring is 1. The van der Waals surface area contributed by atoms with Crippen LogP contribution in [0.2, 0.25) is 0 Å². The molecule has 0 saturated carbocycles. The van der Waals surface area contributed by atoms with Crippen LogP contribution in [0.4, 0.5) is 14.5 Å². The maximum atomic E-state index is 14.0. The highest BCUT2D eigenvalue weighted by Gasteiger charge is 2.14. The van der Waals surface area contributed by atoms with Gasteiger partial charge in [0.1, 0.15) is 5.82 Å². The van der Waals surface area contributed by atoms with Crippen molar-refractivity contribution in [2.45, 2.75) is 6.92 Å². The molecule has 19 heavy (non-hydrogen) atoms. The lowest BCUT2D eigenvalue weighted by molar-refractivity contribution is 0.592. The van der Waals surface area contributed by atoms with Crippen molar-refractivity contribution >= 4 is 11.2 Å². The topological polar surface area (TPSA) is 43.3 Å². The summed E-state index contributed by atoms with van der Waals surface area (Å²) >= 11 is 0. The van der Waals surface area contributed by atoms with E-state index < -0.39 is 11.6 Å². The molecule has 96 valence electrons. The fraction of sp³-hybridized carbons (Fsp3) is 0.0714.